The quantitative estimate of drug-likeness (QED) is 0.298. The van der Waals surface area contributed by atoms with Gasteiger partial charge in [-0.2, -0.15) is 0 Å². The number of rotatable bonds is 9. The number of halogens is 2. The van der Waals surface area contributed by atoms with E-state index >= 15 is 0 Å². The van der Waals surface area contributed by atoms with Gasteiger partial charge in [0.15, 0.2) is 0 Å². The smallest absolute Gasteiger partial charge is 0.246 e. The third-order valence-electron chi connectivity index (χ3n) is 6.30. The first kappa shape index (κ1) is 21.2. The highest BCUT2D eigenvalue weighted by atomic mass is 35.5. The Bertz CT molecular complexity index is 918. The molecule has 2 saturated carbocycles. The summed E-state index contributed by atoms with van der Waals surface area (Å²) in [4.78, 5) is 15.4. The van der Waals surface area contributed by atoms with Gasteiger partial charge in [0, 0.05) is 22.0 Å². The van der Waals surface area contributed by atoms with Gasteiger partial charge in [0.05, 0.1) is 6.04 Å². The van der Waals surface area contributed by atoms with Crippen molar-refractivity contribution < 1.29 is 4.79 Å². The molecule has 2 atom stereocenters. The average molecular weight is 440 g/mol. The van der Waals surface area contributed by atoms with Gasteiger partial charge >= 0.3 is 0 Å². The second-order valence-electron chi connectivity index (χ2n) is 8.43. The Balaban J connectivity index is 1.85. The average Bonchev–Trinajstić information content (AvgIpc) is 3.65. The van der Waals surface area contributed by atoms with Crippen molar-refractivity contribution in [3.63, 3.8) is 0 Å². The summed E-state index contributed by atoms with van der Waals surface area (Å²) in [5.41, 5.74) is 2.09. The van der Waals surface area contributed by atoms with E-state index in [9.17, 15) is 4.79 Å². The molecule has 2 aromatic carbocycles. The topological polar surface area (TPSA) is 20.3 Å². The molecule has 2 aromatic rings. The van der Waals surface area contributed by atoms with Crippen molar-refractivity contribution in [2.24, 2.45) is 11.8 Å². The van der Waals surface area contributed by atoms with E-state index in [1.165, 1.54) is 31.8 Å². The van der Waals surface area contributed by atoms with Crippen LogP contribution in [0.15, 0.2) is 73.8 Å². The lowest BCUT2D eigenvalue weighted by Gasteiger charge is -2.42. The van der Waals surface area contributed by atoms with E-state index in [4.69, 9.17) is 23.2 Å². The summed E-state index contributed by atoms with van der Waals surface area (Å²) in [6.07, 6.45) is 8.14. The molecule has 2 aliphatic carbocycles. The molecule has 0 aliphatic heterocycles. The van der Waals surface area contributed by atoms with Crippen molar-refractivity contribution in [3.05, 3.63) is 95.0 Å². The first-order valence-electron chi connectivity index (χ1n) is 10.6. The minimum atomic E-state index is -0.199. The van der Waals surface area contributed by atoms with Gasteiger partial charge in [-0.3, -0.25) is 4.79 Å². The van der Waals surface area contributed by atoms with E-state index in [2.05, 4.69) is 24.1 Å². The Labute approximate surface area is 189 Å². The van der Waals surface area contributed by atoms with Gasteiger partial charge in [-0.25, -0.2) is 0 Å². The van der Waals surface area contributed by atoms with Crippen LogP contribution in [0.2, 0.25) is 10.0 Å². The Hall–Kier alpha value is -2.03. The molecule has 0 spiro atoms. The lowest BCUT2D eigenvalue weighted by atomic mass is 9.84. The standard InChI is InChI=1S/C26H27Cl2NO/c1-3-23(20-6-5-7-22(28)16-20)26(19-12-14-21(27)15-13-19)29(24(30)4-2)25(17-8-9-17)18-10-11-18/h3-7,12-18,23,25-26H,1-2,8-11H2. The highest BCUT2D eigenvalue weighted by molar-refractivity contribution is 6.30. The number of nitrogens with zero attached hydrogens (tertiary/aromatic N) is 1. The Morgan fingerprint density at radius 1 is 0.933 bits per heavy atom. The number of benzene rings is 2. The summed E-state index contributed by atoms with van der Waals surface area (Å²) in [6.45, 7) is 7.97. The van der Waals surface area contributed by atoms with Crippen LogP contribution in [0.4, 0.5) is 0 Å². The monoisotopic (exact) mass is 439 g/mol. The summed E-state index contributed by atoms with van der Waals surface area (Å²) in [5.74, 6) is 1.02. The molecule has 2 fully saturated rings. The van der Waals surface area contributed by atoms with E-state index in [0.29, 0.717) is 21.9 Å². The predicted octanol–water partition coefficient (Wildman–Crippen LogP) is 7.21. The van der Waals surface area contributed by atoms with Crippen molar-refractivity contribution in [2.45, 2.75) is 43.7 Å². The molecule has 0 heterocycles. The molecule has 0 radical (unpaired) electrons. The first-order valence-corrected chi connectivity index (χ1v) is 11.4. The summed E-state index contributed by atoms with van der Waals surface area (Å²) in [6, 6.07) is 15.7. The normalized spacial score (nSPS) is 18.0. The van der Waals surface area contributed by atoms with Crippen LogP contribution in [0.5, 0.6) is 0 Å². The molecule has 30 heavy (non-hydrogen) atoms. The summed E-state index contributed by atoms with van der Waals surface area (Å²) in [7, 11) is 0. The van der Waals surface area contributed by atoms with Gasteiger partial charge in [0.25, 0.3) is 0 Å². The molecular weight excluding hydrogens is 413 g/mol. The van der Waals surface area contributed by atoms with Gasteiger partial charge in [0.2, 0.25) is 5.91 Å². The fraction of sp³-hybridized carbons (Fsp3) is 0.346. The maximum atomic E-state index is 13.3. The van der Waals surface area contributed by atoms with E-state index in [-0.39, 0.29) is 23.9 Å². The molecule has 4 rings (SSSR count). The Kier molecular flexibility index (Phi) is 6.36. The molecular formula is C26H27Cl2NO. The van der Waals surface area contributed by atoms with Crippen LogP contribution in [-0.2, 0) is 4.79 Å². The summed E-state index contributed by atoms with van der Waals surface area (Å²) in [5, 5.41) is 1.36. The highest BCUT2D eigenvalue weighted by Gasteiger charge is 2.49. The fourth-order valence-electron chi connectivity index (χ4n) is 4.65. The van der Waals surface area contributed by atoms with Crippen molar-refractivity contribution in [3.8, 4) is 0 Å². The second kappa shape index (κ2) is 8.99. The number of carbonyl (C=O) groups is 1. The fourth-order valence-corrected chi connectivity index (χ4v) is 4.98. The zero-order chi connectivity index (χ0) is 21.3. The molecule has 2 aliphatic rings. The van der Waals surface area contributed by atoms with Gasteiger partial charge in [-0.1, -0.05) is 60.1 Å². The SMILES string of the molecule is C=CC(=O)N(C(c1ccc(Cl)cc1)C(C=C)c1cccc(Cl)c1)C(C1CC1)C1CC1. The number of carbonyl (C=O) groups excluding carboxylic acids is 1. The van der Waals surface area contributed by atoms with E-state index in [1.54, 1.807) is 0 Å². The van der Waals surface area contributed by atoms with Gasteiger partial charge in [-0.05, 0) is 79.0 Å². The van der Waals surface area contributed by atoms with Gasteiger partial charge < -0.3 is 4.90 Å². The van der Waals surface area contributed by atoms with E-state index in [1.807, 2.05) is 48.5 Å². The zero-order valence-electron chi connectivity index (χ0n) is 17.0. The Morgan fingerprint density at radius 2 is 1.57 bits per heavy atom. The molecule has 0 aromatic heterocycles. The van der Waals surface area contributed by atoms with Crippen LogP contribution in [0, 0.1) is 11.8 Å². The Morgan fingerprint density at radius 3 is 2.07 bits per heavy atom. The van der Waals surface area contributed by atoms with Crippen molar-refractivity contribution in [2.75, 3.05) is 0 Å². The maximum Gasteiger partial charge on any atom is 0.246 e. The molecule has 2 nitrogen and oxygen atoms in total. The van der Waals surface area contributed by atoms with Crippen LogP contribution in [0.25, 0.3) is 0 Å². The van der Waals surface area contributed by atoms with Crippen LogP contribution in [0.1, 0.15) is 48.8 Å². The molecule has 0 saturated heterocycles. The van der Waals surface area contributed by atoms with Crippen LogP contribution >= 0.6 is 23.2 Å². The van der Waals surface area contributed by atoms with Crippen LogP contribution in [-0.4, -0.2) is 16.8 Å². The lowest BCUT2D eigenvalue weighted by molar-refractivity contribution is -0.132. The molecule has 4 heteroatoms. The third kappa shape index (κ3) is 4.50. The number of amides is 1. The number of hydrogen-bond acceptors (Lipinski definition) is 1. The highest BCUT2D eigenvalue weighted by Crippen LogP contribution is 2.51. The van der Waals surface area contributed by atoms with Gasteiger partial charge in [0.1, 0.15) is 0 Å². The second-order valence-corrected chi connectivity index (χ2v) is 9.30. The van der Waals surface area contributed by atoms with E-state index in [0.717, 1.165) is 11.1 Å². The minimum absolute atomic E-state index is 0.0207. The lowest BCUT2D eigenvalue weighted by Crippen LogP contribution is -2.46. The zero-order valence-corrected chi connectivity index (χ0v) is 18.5. The molecule has 0 N–H and O–H groups in total. The van der Waals surface area contributed by atoms with Gasteiger partial charge in [-0.15, -0.1) is 6.58 Å². The van der Waals surface area contributed by atoms with Crippen molar-refractivity contribution in [1.82, 2.24) is 4.90 Å². The molecule has 156 valence electrons. The summed E-state index contributed by atoms with van der Waals surface area (Å²) >= 11 is 12.5. The largest absolute Gasteiger partial charge is 0.328 e. The number of hydrogen-bond donors (Lipinski definition) is 0. The summed E-state index contributed by atoms with van der Waals surface area (Å²) < 4.78 is 0. The maximum absolute atomic E-state index is 13.3. The molecule has 0 bridgehead atoms. The minimum Gasteiger partial charge on any atom is -0.328 e. The van der Waals surface area contributed by atoms with E-state index < -0.39 is 0 Å². The third-order valence-corrected chi connectivity index (χ3v) is 6.79. The molecule has 2 unspecified atom stereocenters. The van der Waals surface area contributed by atoms with Crippen molar-refractivity contribution in [1.29, 1.82) is 0 Å². The van der Waals surface area contributed by atoms with Crippen LogP contribution < -0.4 is 0 Å². The van der Waals surface area contributed by atoms with Crippen LogP contribution in [0.3, 0.4) is 0 Å². The predicted molar refractivity (Wildman–Crippen MR) is 125 cm³/mol. The van der Waals surface area contributed by atoms with Crippen molar-refractivity contribution >= 4 is 29.1 Å². The molecule has 1 amide bonds. The first-order chi connectivity index (χ1) is 14.5.